The number of alkyl halides is 1. The number of fused-ring (bicyclic) bond motifs is 2. The predicted octanol–water partition coefficient (Wildman–Crippen LogP) is 3.39. The first kappa shape index (κ1) is 12.1. The molecular formula is C15H15ClN2O2. The molecule has 20 heavy (non-hydrogen) atoms. The Morgan fingerprint density at radius 2 is 2.10 bits per heavy atom. The molecule has 2 aromatic rings. The Morgan fingerprint density at radius 1 is 1.30 bits per heavy atom. The van der Waals surface area contributed by atoms with E-state index in [4.69, 9.17) is 21.1 Å². The summed E-state index contributed by atoms with van der Waals surface area (Å²) in [7, 11) is 0. The molecular weight excluding hydrogens is 276 g/mol. The summed E-state index contributed by atoms with van der Waals surface area (Å²) in [5, 5.41) is 5.67. The van der Waals surface area contributed by atoms with E-state index in [2.05, 4.69) is 10.3 Å². The summed E-state index contributed by atoms with van der Waals surface area (Å²) in [5.41, 5.74) is 0. The Bertz CT molecular complexity index is 658. The van der Waals surface area contributed by atoms with E-state index in [9.17, 15) is 0 Å². The van der Waals surface area contributed by atoms with Crippen LogP contribution in [0.15, 0.2) is 24.4 Å². The standard InChI is InChI=1S/C15H15ClN2O2/c16-12(9-1-2-9)7-18-15-11-6-14-13(19-8-20-14)5-10(11)3-4-17-15/h3-6,9,12H,1-2,7-8H2,(H,17,18). The van der Waals surface area contributed by atoms with E-state index in [0.29, 0.717) is 5.92 Å². The Morgan fingerprint density at radius 3 is 2.90 bits per heavy atom. The third kappa shape index (κ3) is 2.14. The van der Waals surface area contributed by atoms with Crippen LogP contribution in [0.4, 0.5) is 5.82 Å². The number of hydrogen-bond donors (Lipinski definition) is 1. The second-order valence-electron chi connectivity index (χ2n) is 5.32. The van der Waals surface area contributed by atoms with Gasteiger partial charge in [-0.05, 0) is 42.3 Å². The lowest BCUT2D eigenvalue weighted by atomic mass is 10.1. The van der Waals surface area contributed by atoms with Crippen molar-refractivity contribution in [1.29, 1.82) is 0 Å². The average Bonchev–Trinajstić information content (AvgIpc) is 3.22. The smallest absolute Gasteiger partial charge is 0.231 e. The van der Waals surface area contributed by atoms with Crippen molar-refractivity contribution < 1.29 is 9.47 Å². The highest BCUT2D eigenvalue weighted by molar-refractivity contribution is 6.21. The Balaban J connectivity index is 1.64. The third-order valence-electron chi connectivity index (χ3n) is 3.86. The normalized spacial score (nSPS) is 18.2. The van der Waals surface area contributed by atoms with Gasteiger partial charge in [0.1, 0.15) is 5.82 Å². The molecule has 1 N–H and O–H groups in total. The SMILES string of the molecule is ClC(CNc1nccc2cc3c(cc12)OCO3)C1CC1. The summed E-state index contributed by atoms with van der Waals surface area (Å²) in [5.74, 6) is 3.09. The van der Waals surface area contributed by atoms with Gasteiger partial charge in [-0.25, -0.2) is 4.98 Å². The molecule has 1 aliphatic heterocycles. The van der Waals surface area contributed by atoms with Crippen molar-refractivity contribution in [2.45, 2.75) is 18.2 Å². The first-order valence-electron chi connectivity index (χ1n) is 6.87. The summed E-state index contributed by atoms with van der Waals surface area (Å²) in [6, 6.07) is 5.94. The van der Waals surface area contributed by atoms with E-state index in [1.165, 1.54) is 12.8 Å². The van der Waals surface area contributed by atoms with Crippen LogP contribution < -0.4 is 14.8 Å². The van der Waals surface area contributed by atoms with Crippen LogP contribution in [-0.4, -0.2) is 23.7 Å². The lowest BCUT2D eigenvalue weighted by Crippen LogP contribution is -2.16. The fourth-order valence-corrected chi connectivity index (χ4v) is 2.85. The van der Waals surface area contributed by atoms with Crippen LogP contribution in [0.3, 0.4) is 0 Å². The molecule has 1 atom stereocenters. The third-order valence-corrected chi connectivity index (χ3v) is 4.37. The van der Waals surface area contributed by atoms with E-state index in [1.807, 2.05) is 18.2 Å². The first-order valence-corrected chi connectivity index (χ1v) is 7.31. The topological polar surface area (TPSA) is 43.4 Å². The Labute approximate surface area is 122 Å². The highest BCUT2D eigenvalue weighted by Gasteiger charge is 2.29. The van der Waals surface area contributed by atoms with E-state index < -0.39 is 0 Å². The maximum atomic E-state index is 6.34. The van der Waals surface area contributed by atoms with Crippen molar-refractivity contribution in [3.05, 3.63) is 24.4 Å². The van der Waals surface area contributed by atoms with Crippen LogP contribution in [-0.2, 0) is 0 Å². The van der Waals surface area contributed by atoms with Gasteiger partial charge in [-0.3, -0.25) is 0 Å². The molecule has 0 radical (unpaired) electrons. The van der Waals surface area contributed by atoms with E-state index >= 15 is 0 Å². The average molecular weight is 291 g/mol. The lowest BCUT2D eigenvalue weighted by Gasteiger charge is -2.12. The van der Waals surface area contributed by atoms with Gasteiger partial charge in [0.05, 0.1) is 5.38 Å². The molecule has 0 saturated heterocycles. The Hall–Kier alpha value is -1.68. The van der Waals surface area contributed by atoms with Crippen molar-refractivity contribution in [3.63, 3.8) is 0 Å². The van der Waals surface area contributed by atoms with Crippen LogP contribution in [0.1, 0.15) is 12.8 Å². The van der Waals surface area contributed by atoms with Crippen LogP contribution in [0.25, 0.3) is 10.8 Å². The minimum absolute atomic E-state index is 0.182. The molecule has 1 saturated carbocycles. The highest BCUT2D eigenvalue weighted by atomic mass is 35.5. The van der Waals surface area contributed by atoms with Gasteiger partial charge in [0, 0.05) is 18.1 Å². The van der Waals surface area contributed by atoms with Gasteiger partial charge in [-0.2, -0.15) is 0 Å². The zero-order valence-electron chi connectivity index (χ0n) is 10.9. The number of rotatable bonds is 4. The first-order chi connectivity index (χ1) is 9.81. The predicted molar refractivity (Wildman–Crippen MR) is 78.7 cm³/mol. The number of halogens is 1. The summed E-state index contributed by atoms with van der Waals surface area (Å²) in [4.78, 5) is 4.42. The summed E-state index contributed by atoms with van der Waals surface area (Å²) < 4.78 is 10.8. The molecule has 1 unspecified atom stereocenters. The minimum Gasteiger partial charge on any atom is -0.454 e. The number of ether oxygens (including phenoxy) is 2. The monoisotopic (exact) mass is 290 g/mol. The second-order valence-corrected chi connectivity index (χ2v) is 5.88. The molecule has 4 nitrogen and oxygen atoms in total. The van der Waals surface area contributed by atoms with Crippen molar-refractivity contribution >= 4 is 28.2 Å². The van der Waals surface area contributed by atoms with E-state index in [1.54, 1.807) is 6.20 Å². The molecule has 0 spiro atoms. The van der Waals surface area contributed by atoms with Gasteiger partial charge in [0.25, 0.3) is 0 Å². The zero-order chi connectivity index (χ0) is 13.5. The maximum absolute atomic E-state index is 6.34. The van der Waals surface area contributed by atoms with E-state index in [0.717, 1.165) is 34.6 Å². The van der Waals surface area contributed by atoms with Gasteiger partial charge in [-0.1, -0.05) is 0 Å². The van der Waals surface area contributed by atoms with Crippen molar-refractivity contribution in [2.24, 2.45) is 5.92 Å². The van der Waals surface area contributed by atoms with Gasteiger partial charge in [0.2, 0.25) is 6.79 Å². The summed E-state index contributed by atoms with van der Waals surface area (Å²) >= 11 is 6.34. The molecule has 5 heteroatoms. The lowest BCUT2D eigenvalue weighted by molar-refractivity contribution is 0.174. The number of hydrogen-bond acceptors (Lipinski definition) is 4. The summed E-state index contributed by atoms with van der Waals surface area (Å²) in [6.45, 7) is 1.03. The molecule has 0 bridgehead atoms. The number of pyridine rings is 1. The van der Waals surface area contributed by atoms with Gasteiger partial charge in [0.15, 0.2) is 11.5 Å². The van der Waals surface area contributed by atoms with Crippen molar-refractivity contribution in [3.8, 4) is 11.5 Å². The van der Waals surface area contributed by atoms with Crippen molar-refractivity contribution in [2.75, 3.05) is 18.7 Å². The molecule has 1 aliphatic carbocycles. The maximum Gasteiger partial charge on any atom is 0.231 e. The van der Waals surface area contributed by atoms with Crippen LogP contribution >= 0.6 is 11.6 Å². The highest BCUT2D eigenvalue weighted by Crippen LogP contribution is 2.38. The second kappa shape index (κ2) is 4.70. The van der Waals surface area contributed by atoms with Gasteiger partial charge >= 0.3 is 0 Å². The fraction of sp³-hybridized carbons (Fsp3) is 0.400. The quantitative estimate of drug-likeness (QED) is 0.877. The zero-order valence-corrected chi connectivity index (χ0v) is 11.7. The molecule has 2 heterocycles. The summed E-state index contributed by atoms with van der Waals surface area (Å²) in [6.07, 6.45) is 4.29. The molecule has 1 fully saturated rings. The number of nitrogens with zero attached hydrogens (tertiary/aromatic N) is 1. The van der Waals surface area contributed by atoms with Crippen molar-refractivity contribution in [1.82, 2.24) is 4.98 Å². The molecule has 1 aromatic carbocycles. The number of nitrogens with one attached hydrogen (secondary N) is 1. The molecule has 2 aliphatic rings. The minimum atomic E-state index is 0.182. The fourth-order valence-electron chi connectivity index (χ4n) is 2.52. The van der Waals surface area contributed by atoms with Gasteiger partial charge in [-0.15, -0.1) is 11.6 Å². The van der Waals surface area contributed by atoms with Crippen LogP contribution in [0.2, 0.25) is 0 Å². The number of anilines is 1. The molecule has 104 valence electrons. The van der Waals surface area contributed by atoms with Crippen LogP contribution in [0, 0.1) is 5.92 Å². The largest absolute Gasteiger partial charge is 0.454 e. The molecule has 0 amide bonds. The van der Waals surface area contributed by atoms with Gasteiger partial charge < -0.3 is 14.8 Å². The Kier molecular flexibility index (Phi) is 2.84. The molecule has 1 aromatic heterocycles. The van der Waals surface area contributed by atoms with E-state index in [-0.39, 0.29) is 12.2 Å². The molecule has 4 rings (SSSR count). The number of benzene rings is 1. The number of aromatic nitrogens is 1. The van der Waals surface area contributed by atoms with Crippen LogP contribution in [0.5, 0.6) is 11.5 Å².